The molecule has 1 aliphatic heterocycles. The largest absolute Gasteiger partial charge is 0.309 e. The van der Waals surface area contributed by atoms with E-state index in [9.17, 15) is 0 Å². The Balaban J connectivity index is 2.34. The van der Waals surface area contributed by atoms with Gasteiger partial charge in [-0.2, -0.15) is 11.8 Å². The molecule has 0 aliphatic carbocycles. The van der Waals surface area contributed by atoms with Gasteiger partial charge in [0.05, 0.1) is 0 Å². The average Bonchev–Trinajstić information content (AvgIpc) is 2.75. The Morgan fingerprint density at radius 2 is 2.17 bits per heavy atom. The number of aryl methyl sites for hydroxylation is 2. The van der Waals surface area contributed by atoms with Gasteiger partial charge in [-0.05, 0) is 57.0 Å². The van der Waals surface area contributed by atoms with Crippen molar-refractivity contribution in [1.29, 1.82) is 0 Å². The number of benzene rings is 1. The summed E-state index contributed by atoms with van der Waals surface area (Å²) in [5.41, 5.74) is 4.27. The molecule has 18 heavy (non-hydrogen) atoms. The molecule has 1 nitrogen and oxygen atoms in total. The SMILES string of the molecule is CCNC(c1ccc(C)cc1C)C1(C)CCCS1. The molecule has 0 bridgehead atoms. The van der Waals surface area contributed by atoms with Gasteiger partial charge in [-0.15, -0.1) is 0 Å². The number of hydrogen-bond acceptors (Lipinski definition) is 2. The maximum absolute atomic E-state index is 3.72. The van der Waals surface area contributed by atoms with Crippen LogP contribution >= 0.6 is 11.8 Å². The predicted octanol–water partition coefficient (Wildman–Crippen LogP) is 4.24. The predicted molar refractivity (Wildman–Crippen MR) is 82.4 cm³/mol. The molecule has 1 aromatic rings. The summed E-state index contributed by atoms with van der Waals surface area (Å²) in [5, 5.41) is 3.72. The fourth-order valence-corrected chi connectivity index (χ4v) is 4.46. The van der Waals surface area contributed by atoms with Gasteiger partial charge >= 0.3 is 0 Å². The molecule has 1 fully saturated rings. The van der Waals surface area contributed by atoms with Crippen molar-refractivity contribution in [2.24, 2.45) is 0 Å². The van der Waals surface area contributed by atoms with E-state index in [-0.39, 0.29) is 0 Å². The summed E-state index contributed by atoms with van der Waals surface area (Å²) in [6.45, 7) is 10.1. The van der Waals surface area contributed by atoms with Crippen LogP contribution in [0.2, 0.25) is 0 Å². The van der Waals surface area contributed by atoms with Crippen LogP contribution in [0.15, 0.2) is 18.2 Å². The molecule has 0 radical (unpaired) electrons. The minimum atomic E-state index is 0.357. The fourth-order valence-electron chi connectivity index (χ4n) is 3.04. The third-order valence-electron chi connectivity index (χ3n) is 4.00. The van der Waals surface area contributed by atoms with Crippen molar-refractivity contribution in [2.75, 3.05) is 12.3 Å². The van der Waals surface area contributed by atoms with Gasteiger partial charge in [0.25, 0.3) is 0 Å². The molecule has 2 heteroatoms. The van der Waals surface area contributed by atoms with E-state index in [1.54, 1.807) is 0 Å². The molecule has 0 aromatic heterocycles. The summed E-state index contributed by atoms with van der Waals surface area (Å²) in [5.74, 6) is 1.31. The number of nitrogens with one attached hydrogen (secondary N) is 1. The van der Waals surface area contributed by atoms with E-state index in [2.05, 4.69) is 63.0 Å². The molecule has 0 spiro atoms. The second-order valence-electron chi connectivity index (χ2n) is 5.62. The number of thioether (sulfide) groups is 1. The third kappa shape index (κ3) is 2.75. The maximum Gasteiger partial charge on any atom is 0.0469 e. The van der Waals surface area contributed by atoms with Gasteiger partial charge < -0.3 is 5.32 Å². The lowest BCUT2D eigenvalue weighted by Gasteiger charge is -2.35. The minimum Gasteiger partial charge on any atom is -0.309 e. The second kappa shape index (κ2) is 5.66. The van der Waals surface area contributed by atoms with Crippen LogP contribution in [0.1, 0.15) is 49.4 Å². The molecule has 1 saturated heterocycles. The average molecular weight is 263 g/mol. The Bertz CT molecular complexity index is 408. The normalized spacial score (nSPS) is 25.3. The first-order chi connectivity index (χ1) is 8.57. The summed E-state index contributed by atoms with van der Waals surface area (Å²) in [4.78, 5) is 0. The van der Waals surface area contributed by atoms with Crippen LogP contribution in [0.25, 0.3) is 0 Å². The molecule has 1 aromatic carbocycles. The molecule has 100 valence electrons. The van der Waals surface area contributed by atoms with E-state index in [1.807, 2.05) is 0 Å². The van der Waals surface area contributed by atoms with E-state index in [4.69, 9.17) is 0 Å². The summed E-state index contributed by atoms with van der Waals surface area (Å²) >= 11 is 2.14. The first-order valence-corrected chi connectivity index (χ1v) is 8.00. The zero-order valence-electron chi connectivity index (χ0n) is 12.0. The lowest BCUT2D eigenvalue weighted by molar-refractivity contribution is 0.420. The Kier molecular flexibility index (Phi) is 4.39. The van der Waals surface area contributed by atoms with Crippen molar-refractivity contribution in [3.8, 4) is 0 Å². The van der Waals surface area contributed by atoms with Crippen LogP contribution in [-0.2, 0) is 0 Å². The Labute approximate surface area is 116 Å². The van der Waals surface area contributed by atoms with Gasteiger partial charge in [0, 0.05) is 10.8 Å². The van der Waals surface area contributed by atoms with Gasteiger partial charge in [0.15, 0.2) is 0 Å². The van der Waals surface area contributed by atoms with Gasteiger partial charge in [0.2, 0.25) is 0 Å². The van der Waals surface area contributed by atoms with Crippen LogP contribution in [0.3, 0.4) is 0 Å². The van der Waals surface area contributed by atoms with Crippen molar-refractivity contribution >= 4 is 11.8 Å². The highest BCUT2D eigenvalue weighted by Crippen LogP contribution is 2.47. The monoisotopic (exact) mass is 263 g/mol. The van der Waals surface area contributed by atoms with Crippen molar-refractivity contribution < 1.29 is 0 Å². The second-order valence-corrected chi connectivity index (χ2v) is 7.24. The molecule has 1 N–H and O–H groups in total. The highest BCUT2D eigenvalue weighted by Gasteiger charge is 2.38. The molecule has 0 amide bonds. The van der Waals surface area contributed by atoms with Crippen molar-refractivity contribution in [3.05, 3.63) is 34.9 Å². The summed E-state index contributed by atoms with van der Waals surface area (Å²) < 4.78 is 0.357. The highest BCUT2D eigenvalue weighted by molar-refractivity contribution is 8.00. The standard InChI is InChI=1S/C16H25NS/c1-5-17-15(16(4)9-6-10-18-16)14-8-7-12(2)11-13(14)3/h7-8,11,15,17H,5-6,9-10H2,1-4H3. The van der Waals surface area contributed by atoms with E-state index in [0.29, 0.717) is 10.8 Å². The van der Waals surface area contributed by atoms with Crippen LogP contribution in [0, 0.1) is 13.8 Å². The number of hydrogen-bond donors (Lipinski definition) is 1. The van der Waals surface area contributed by atoms with Crippen LogP contribution in [-0.4, -0.2) is 17.0 Å². The molecule has 2 atom stereocenters. The zero-order chi connectivity index (χ0) is 13.2. The summed E-state index contributed by atoms with van der Waals surface area (Å²) in [7, 11) is 0. The van der Waals surface area contributed by atoms with Crippen molar-refractivity contribution in [1.82, 2.24) is 5.32 Å². The minimum absolute atomic E-state index is 0.357. The molecule has 2 rings (SSSR count). The van der Waals surface area contributed by atoms with E-state index >= 15 is 0 Å². The first-order valence-electron chi connectivity index (χ1n) is 7.01. The lowest BCUT2D eigenvalue weighted by Crippen LogP contribution is -2.38. The molecular formula is C16H25NS. The third-order valence-corrected chi connectivity index (χ3v) is 5.60. The molecule has 1 aliphatic rings. The van der Waals surface area contributed by atoms with Gasteiger partial charge in [0.1, 0.15) is 0 Å². The van der Waals surface area contributed by atoms with Crippen molar-refractivity contribution in [3.63, 3.8) is 0 Å². The van der Waals surface area contributed by atoms with Gasteiger partial charge in [-0.25, -0.2) is 0 Å². The molecule has 0 saturated carbocycles. The van der Waals surface area contributed by atoms with Crippen LogP contribution in [0.5, 0.6) is 0 Å². The smallest absolute Gasteiger partial charge is 0.0469 e. The topological polar surface area (TPSA) is 12.0 Å². The summed E-state index contributed by atoms with van der Waals surface area (Å²) in [6.07, 6.45) is 2.68. The van der Waals surface area contributed by atoms with Gasteiger partial charge in [-0.1, -0.05) is 30.7 Å². The van der Waals surface area contributed by atoms with Gasteiger partial charge in [-0.3, -0.25) is 0 Å². The fraction of sp³-hybridized carbons (Fsp3) is 0.625. The van der Waals surface area contributed by atoms with E-state index in [1.165, 1.54) is 35.3 Å². The maximum atomic E-state index is 3.72. The first kappa shape index (κ1) is 14.0. The van der Waals surface area contributed by atoms with Crippen molar-refractivity contribution in [2.45, 2.75) is 51.3 Å². The highest BCUT2D eigenvalue weighted by atomic mass is 32.2. The number of rotatable bonds is 4. The Morgan fingerprint density at radius 1 is 1.39 bits per heavy atom. The zero-order valence-corrected chi connectivity index (χ0v) is 12.9. The molecule has 2 unspecified atom stereocenters. The van der Waals surface area contributed by atoms with Crippen LogP contribution in [0.4, 0.5) is 0 Å². The lowest BCUT2D eigenvalue weighted by atomic mass is 9.87. The molecule has 1 heterocycles. The van der Waals surface area contributed by atoms with Crippen LogP contribution < -0.4 is 5.32 Å². The Morgan fingerprint density at radius 3 is 2.72 bits per heavy atom. The summed E-state index contributed by atoms with van der Waals surface area (Å²) in [6, 6.07) is 7.36. The van der Waals surface area contributed by atoms with E-state index < -0.39 is 0 Å². The van der Waals surface area contributed by atoms with E-state index in [0.717, 1.165) is 6.54 Å². The molecular weight excluding hydrogens is 238 g/mol. The quantitative estimate of drug-likeness (QED) is 0.872. The Hall–Kier alpha value is -0.470.